The van der Waals surface area contributed by atoms with Crippen molar-refractivity contribution in [2.45, 2.75) is 39.0 Å². The van der Waals surface area contributed by atoms with Crippen LogP contribution in [0.15, 0.2) is 194 Å². The fourth-order valence-electron chi connectivity index (χ4n) is 10.1. The number of hydrogen-bond donors (Lipinski definition) is 0. The van der Waals surface area contributed by atoms with E-state index in [4.69, 9.17) is 0 Å². The Morgan fingerprint density at radius 2 is 1.08 bits per heavy atom. The van der Waals surface area contributed by atoms with Gasteiger partial charge in [-0.05, 0) is 150 Å². The van der Waals surface area contributed by atoms with Crippen molar-refractivity contribution >= 4 is 55.0 Å². The molecule has 282 valence electrons. The summed E-state index contributed by atoms with van der Waals surface area (Å²) in [6, 6.07) is 65.9. The average Bonchev–Trinajstić information content (AvgIpc) is 3.52. The van der Waals surface area contributed by atoms with Crippen LogP contribution >= 0.6 is 0 Å². The van der Waals surface area contributed by atoms with Gasteiger partial charge in [-0.15, -0.1) is 0 Å². The lowest BCUT2D eigenvalue weighted by Crippen LogP contribution is -2.16. The minimum atomic E-state index is -0.106. The van der Waals surface area contributed by atoms with Crippen molar-refractivity contribution in [1.29, 1.82) is 0 Å². The maximum Gasteiger partial charge on any atom is 0.0468 e. The Bertz CT molecular complexity index is 3160. The van der Waals surface area contributed by atoms with Crippen molar-refractivity contribution in [2.75, 3.05) is 4.90 Å². The molecule has 59 heavy (non-hydrogen) atoms. The van der Waals surface area contributed by atoms with Gasteiger partial charge in [0.15, 0.2) is 0 Å². The number of fused-ring (bicyclic) bond motifs is 9. The third-order valence-electron chi connectivity index (χ3n) is 13.0. The molecule has 0 spiro atoms. The zero-order chi connectivity index (χ0) is 39.7. The molecule has 1 heteroatoms. The SMILES string of the molecule is Cc1ccc(N(c2ccc3c(c2)C(C)(C)c2ccccc2-3)c2ccc3c(c2)c2ccccc2c2c(C4=CC=CCC4)cc(-c4ccccc4)c(-c4ccccc4)c32)cc1. The Morgan fingerprint density at radius 3 is 1.85 bits per heavy atom. The van der Waals surface area contributed by atoms with Crippen LogP contribution in [0.4, 0.5) is 17.1 Å². The van der Waals surface area contributed by atoms with Gasteiger partial charge in [0.2, 0.25) is 0 Å². The molecule has 0 amide bonds. The van der Waals surface area contributed by atoms with Crippen molar-refractivity contribution in [3.05, 3.63) is 216 Å². The number of benzene rings is 9. The van der Waals surface area contributed by atoms with E-state index in [2.05, 4.69) is 220 Å². The summed E-state index contributed by atoms with van der Waals surface area (Å²) in [4.78, 5) is 2.46. The summed E-state index contributed by atoms with van der Waals surface area (Å²) in [6.45, 7) is 6.90. The smallest absolute Gasteiger partial charge is 0.0468 e. The van der Waals surface area contributed by atoms with Crippen molar-refractivity contribution in [2.24, 2.45) is 0 Å². The number of anilines is 3. The van der Waals surface area contributed by atoms with E-state index in [0.717, 1.165) is 29.9 Å². The molecule has 0 fully saturated rings. The van der Waals surface area contributed by atoms with E-state index >= 15 is 0 Å². The van der Waals surface area contributed by atoms with Gasteiger partial charge in [0.25, 0.3) is 0 Å². The molecule has 0 unspecified atom stereocenters. The first-order valence-corrected chi connectivity index (χ1v) is 21.0. The largest absolute Gasteiger partial charge is 0.310 e. The van der Waals surface area contributed by atoms with E-state index in [-0.39, 0.29) is 5.41 Å². The van der Waals surface area contributed by atoms with Crippen LogP contribution in [0.2, 0.25) is 0 Å². The van der Waals surface area contributed by atoms with E-state index in [1.165, 1.54) is 93.5 Å². The zero-order valence-corrected chi connectivity index (χ0v) is 33.8. The molecule has 0 radical (unpaired) electrons. The van der Waals surface area contributed by atoms with Gasteiger partial charge in [0.1, 0.15) is 0 Å². The van der Waals surface area contributed by atoms with Gasteiger partial charge in [-0.25, -0.2) is 0 Å². The van der Waals surface area contributed by atoms with E-state index in [1.807, 2.05) is 0 Å². The number of hydrogen-bond acceptors (Lipinski definition) is 1. The summed E-state index contributed by atoms with van der Waals surface area (Å²) in [6.07, 6.45) is 8.94. The fraction of sp³-hybridized carbons (Fsp3) is 0.103. The van der Waals surface area contributed by atoms with Gasteiger partial charge in [-0.2, -0.15) is 0 Å². The highest BCUT2D eigenvalue weighted by molar-refractivity contribution is 6.32. The molecule has 0 atom stereocenters. The Labute approximate surface area is 347 Å². The Kier molecular flexibility index (Phi) is 8.27. The van der Waals surface area contributed by atoms with E-state index < -0.39 is 0 Å². The second-order valence-electron chi connectivity index (χ2n) is 16.8. The minimum absolute atomic E-state index is 0.106. The number of aryl methyl sites for hydroxylation is 1. The first-order valence-electron chi connectivity index (χ1n) is 21.0. The van der Waals surface area contributed by atoms with Crippen LogP contribution in [0.25, 0.3) is 71.3 Å². The second-order valence-corrected chi connectivity index (χ2v) is 16.8. The monoisotopic (exact) mass is 755 g/mol. The maximum absolute atomic E-state index is 2.49. The third kappa shape index (κ3) is 5.68. The minimum Gasteiger partial charge on any atom is -0.310 e. The molecule has 1 nitrogen and oxygen atoms in total. The fourth-order valence-corrected chi connectivity index (χ4v) is 10.1. The molecule has 0 saturated heterocycles. The average molecular weight is 756 g/mol. The second kappa shape index (κ2) is 13.9. The van der Waals surface area contributed by atoms with E-state index in [1.54, 1.807) is 0 Å². The Hall–Kier alpha value is -6.96. The van der Waals surface area contributed by atoms with Gasteiger partial charge in [0, 0.05) is 22.5 Å². The topological polar surface area (TPSA) is 3.24 Å². The quantitative estimate of drug-likeness (QED) is 0.153. The molecule has 0 heterocycles. The lowest BCUT2D eigenvalue weighted by Gasteiger charge is -2.29. The predicted molar refractivity (Wildman–Crippen MR) is 253 cm³/mol. The number of nitrogens with zero attached hydrogens (tertiary/aromatic N) is 1. The number of allylic oxidation sites excluding steroid dienone is 4. The molecule has 0 bridgehead atoms. The molecule has 0 aliphatic heterocycles. The molecule has 2 aliphatic carbocycles. The lowest BCUT2D eigenvalue weighted by atomic mass is 9.80. The standard InChI is InChI=1S/C58H45N/c1-38-27-29-42(30-28-38)59(44-31-33-47-46-24-15-16-26-53(46)58(2,3)54(47)36-44)43-32-34-49-52(35-43)45-23-13-14-25-48(45)56-51(40-19-9-5-10-20-40)37-50(39-17-7-4-8-18-39)55(57(49)56)41-21-11-6-12-22-41/h4-9,11-19,21-37H,10,20H2,1-3H3. The molecule has 9 aromatic carbocycles. The van der Waals surface area contributed by atoms with Gasteiger partial charge < -0.3 is 4.90 Å². The molecule has 0 aromatic heterocycles. The van der Waals surface area contributed by atoms with Crippen LogP contribution in [0.3, 0.4) is 0 Å². The van der Waals surface area contributed by atoms with Crippen molar-refractivity contribution in [1.82, 2.24) is 0 Å². The summed E-state index contributed by atoms with van der Waals surface area (Å²) in [5.41, 5.74) is 17.7. The molecular formula is C58H45N. The van der Waals surface area contributed by atoms with Crippen LogP contribution < -0.4 is 4.90 Å². The summed E-state index contributed by atoms with van der Waals surface area (Å²) in [5.74, 6) is 0. The van der Waals surface area contributed by atoms with Crippen molar-refractivity contribution in [3.8, 4) is 33.4 Å². The summed E-state index contributed by atoms with van der Waals surface area (Å²) in [7, 11) is 0. The van der Waals surface area contributed by atoms with E-state index in [0.29, 0.717) is 0 Å². The lowest BCUT2D eigenvalue weighted by molar-refractivity contribution is 0.660. The van der Waals surface area contributed by atoms with E-state index in [9.17, 15) is 0 Å². The van der Waals surface area contributed by atoms with Crippen LogP contribution in [-0.4, -0.2) is 0 Å². The normalized spacial score (nSPS) is 14.1. The highest BCUT2D eigenvalue weighted by Gasteiger charge is 2.36. The van der Waals surface area contributed by atoms with Crippen LogP contribution in [0, 0.1) is 6.92 Å². The number of rotatable bonds is 6. The first kappa shape index (κ1) is 35.2. The van der Waals surface area contributed by atoms with Crippen LogP contribution in [-0.2, 0) is 5.41 Å². The molecular weight excluding hydrogens is 711 g/mol. The van der Waals surface area contributed by atoms with Crippen molar-refractivity contribution < 1.29 is 0 Å². The predicted octanol–water partition coefficient (Wildman–Crippen LogP) is 16.3. The van der Waals surface area contributed by atoms with Crippen LogP contribution in [0.5, 0.6) is 0 Å². The van der Waals surface area contributed by atoms with Gasteiger partial charge in [0.05, 0.1) is 0 Å². The maximum atomic E-state index is 2.49. The first-order chi connectivity index (χ1) is 29.0. The summed E-state index contributed by atoms with van der Waals surface area (Å²) >= 11 is 0. The summed E-state index contributed by atoms with van der Waals surface area (Å²) in [5, 5.41) is 7.71. The Morgan fingerprint density at radius 1 is 0.458 bits per heavy atom. The van der Waals surface area contributed by atoms with Gasteiger partial charge >= 0.3 is 0 Å². The molecule has 11 rings (SSSR count). The zero-order valence-electron chi connectivity index (χ0n) is 33.8. The highest BCUT2D eigenvalue weighted by Crippen LogP contribution is 2.52. The van der Waals surface area contributed by atoms with Gasteiger partial charge in [-0.3, -0.25) is 0 Å². The van der Waals surface area contributed by atoms with Crippen LogP contribution in [0.1, 0.15) is 48.9 Å². The van der Waals surface area contributed by atoms with Crippen molar-refractivity contribution in [3.63, 3.8) is 0 Å². The third-order valence-corrected chi connectivity index (χ3v) is 13.0. The molecule has 2 aliphatic rings. The van der Waals surface area contributed by atoms with Gasteiger partial charge in [-0.1, -0.05) is 171 Å². The summed E-state index contributed by atoms with van der Waals surface area (Å²) < 4.78 is 0. The molecule has 9 aromatic rings. The molecule has 0 saturated carbocycles. The highest BCUT2D eigenvalue weighted by atomic mass is 15.1. The molecule has 0 N–H and O–H groups in total. The Balaban J connectivity index is 1.24.